The van der Waals surface area contributed by atoms with E-state index in [1.54, 1.807) is 6.26 Å². The summed E-state index contributed by atoms with van der Waals surface area (Å²) in [4.78, 5) is 36.1. The predicted molar refractivity (Wildman–Crippen MR) is 114 cm³/mol. The van der Waals surface area contributed by atoms with Gasteiger partial charge in [0.05, 0.1) is 15.4 Å². The van der Waals surface area contributed by atoms with Gasteiger partial charge in [-0.2, -0.15) is 0 Å². The van der Waals surface area contributed by atoms with Gasteiger partial charge in [0.15, 0.2) is 6.10 Å². The van der Waals surface area contributed by atoms with Crippen molar-refractivity contribution in [3.05, 3.63) is 63.2 Å². The molecular formula is C21H24N2O5S. The number of thioether (sulfide) groups is 1. The van der Waals surface area contributed by atoms with Crippen molar-refractivity contribution < 1.29 is 19.2 Å². The zero-order valence-corrected chi connectivity index (χ0v) is 17.8. The van der Waals surface area contributed by atoms with Crippen LogP contribution in [0.3, 0.4) is 0 Å². The average Bonchev–Trinajstić information content (AvgIpc) is 2.68. The van der Waals surface area contributed by atoms with Crippen molar-refractivity contribution in [2.75, 3.05) is 11.6 Å². The van der Waals surface area contributed by atoms with Crippen molar-refractivity contribution in [1.82, 2.24) is 0 Å². The first-order chi connectivity index (χ1) is 13.6. The highest BCUT2D eigenvalue weighted by Crippen LogP contribution is 2.29. The van der Waals surface area contributed by atoms with Gasteiger partial charge in [0, 0.05) is 11.8 Å². The second-order valence-electron chi connectivity index (χ2n) is 6.87. The lowest BCUT2D eigenvalue weighted by Gasteiger charge is -2.19. The van der Waals surface area contributed by atoms with E-state index < -0.39 is 22.9 Å². The van der Waals surface area contributed by atoms with Crippen LogP contribution in [0, 0.1) is 17.0 Å². The number of carbonyl (C=O) groups excluding carboxylic acids is 2. The number of nitrogens with zero attached hydrogens (tertiary/aromatic N) is 1. The quantitative estimate of drug-likeness (QED) is 0.297. The summed E-state index contributed by atoms with van der Waals surface area (Å²) in [6, 6.07) is 9.86. The fourth-order valence-corrected chi connectivity index (χ4v) is 3.36. The average molecular weight is 416 g/mol. The number of ether oxygens (including phenoxy) is 1. The Balaban J connectivity index is 2.16. The summed E-state index contributed by atoms with van der Waals surface area (Å²) in [6.45, 7) is 7.41. The molecule has 154 valence electrons. The van der Waals surface area contributed by atoms with Crippen molar-refractivity contribution in [3.63, 3.8) is 0 Å². The number of rotatable bonds is 7. The van der Waals surface area contributed by atoms with Crippen LogP contribution in [-0.2, 0) is 9.53 Å². The van der Waals surface area contributed by atoms with Crippen LogP contribution in [0.5, 0.6) is 0 Å². The first-order valence-electron chi connectivity index (χ1n) is 9.09. The van der Waals surface area contributed by atoms with E-state index in [0.29, 0.717) is 10.6 Å². The minimum absolute atomic E-state index is 0.0212. The summed E-state index contributed by atoms with van der Waals surface area (Å²) in [6.07, 6.45) is 0.644. The normalized spacial score (nSPS) is 11.8. The van der Waals surface area contributed by atoms with E-state index >= 15 is 0 Å². The summed E-state index contributed by atoms with van der Waals surface area (Å²) in [5.74, 6) is -1.05. The maximum Gasteiger partial charge on any atom is 0.339 e. The van der Waals surface area contributed by atoms with Crippen LogP contribution >= 0.6 is 11.8 Å². The molecule has 0 saturated heterocycles. The number of esters is 1. The smallest absolute Gasteiger partial charge is 0.339 e. The van der Waals surface area contributed by atoms with Crippen molar-refractivity contribution in [2.24, 2.45) is 0 Å². The Labute approximate surface area is 174 Å². The molecule has 2 aromatic carbocycles. The third-order valence-corrected chi connectivity index (χ3v) is 5.22. The SMILES string of the molecule is CSc1ccc(C(=O)O[C@@H](C)C(=O)Nc2c(C)cccc2C(C)C)cc1[N+](=O)[O-]. The van der Waals surface area contributed by atoms with Crippen molar-refractivity contribution in [2.45, 2.75) is 44.6 Å². The van der Waals surface area contributed by atoms with Gasteiger partial charge in [-0.3, -0.25) is 14.9 Å². The van der Waals surface area contributed by atoms with E-state index in [4.69, 9.17) is 4.74 Å². The van der Waals surface area contributed by atoms with Crippen LogP contribution < -0.4 is 5.32 Å². The van der Waals surface area contributed by atoms with Crippen LogP contribution in [-0.4, -0.2) is 29.2 Å². The molecule has 0 radical (unpaired) electrons. The van der Waals surface area contributed by atoms with E-state index in [2.05, 4.69) is 5.32 Å². The molecule has 29 heavy (non-hydrogen) atoms. The lowest BCUT2D eigenvalue weighted by molar-refractivity contribution is -0.387. The second kappa shape index (κ2) is 9.56. The number of benzene rings is 2. The Morgan fingerprint density at radius 2 is 1.86 bits per heavy atom. The Morgan fingerprint density at radius 3 is 2.45 bits per heavy atom. The third-order valence-electron chi connectivity index (χ3n) is 4.44. The number of hydrogen-bond acceptors (Lipinski definition) is 6. The molecule has 8 heteroatoms. The molecule has 1 amide bonds. The van der Waals surface area contributed by atoms with Gasteiger partial charge in [-0.25, -0.2) is 4.79 Å². The Hall–Kier alpha value is -2.87. The standard InChI is InChI=1S/C21H24N2O5S/c1-12(2)16-8-6-7-13(3)19(16)22-20(24)14(4)28-21(25)15-9-10-18(29-5)17(11-15)23(26)27/h6-12,14H,1-5H3,(H,22,24)/t14-/m0/s1. The highest BCUT2D eigenvalue weighted by molar-refractivity contribution is 7.98. The molecule has 0 bridgehead atoms. The van der Waals surface area contributed by atoms with Crippen molar-refractivity contribution in [3.8, 4) is 0 Å². The molecule has 0 aliphatic rings. The summed E-state index contributed by atoms with van der Waals surface area (Å²) in [5.41, 5.74) is 2.44. The zero-order valence-electron chi connectivity index (χ0n) is 17.0. The fraction of sp³-hybridized carbons (Fsp3) is 0.333. The number of nitro benzene ring substituents is 1. The largest absolute Gasteiger partial charge is 0.449 e. The van der Waals surface area contributed by atoms with Gasteiger partial charge in [-0.15, -0.1) is 11.8 Å². The van der Waals surface area contributed by atoms with Crippen molar-refractivity contribution in [1.29, 1.82) is 0 Å². The molecule has 0 unspecified atom stereocenters. The Bertz CT molecular complexity index is 943. The lowest BCUT2D eigenvalue weighted by atomic mass is 9.98. The van der Waals surface area contributed by atoms with Gasteiger partial charge in [0.25, 0.3) is 11.6 Å². The lowest BCUT2D eigenvalue weighted by Crippen LogP contribution is -2.30. The first-order valence-corrected chi connectivity index (χ1v) is 10.3. The zero-order chi connectivity index (χ0) is 21.7. The molecule has 0 aromatic heterocycles. The van der Waals surface area contributed by atoms with Gasteiger partial charge in [0.2, 0.25) is 0 Å². The van der Waals surface area contributed by atoms with Crippen molar-refractivity contribution >= 4 is 35.0 Å². The van der Waals surface area contributed by atoms with E-state index in [1.807, 2.05) is 39.0 Å². The number of hydrogen-bond donors (Lipinski definition) is 1. The van der Waals surface area contributed by atoms with Gasteiger partial charge < -0.3 is 10.1 Å². The van der Waals surface area contributed by atoms with Gasteiger partial charge in [-0.05, 0) is 49.3 Å². The Morgan fingerprint density at radius 1 is 1.17 bits per heavy atom. The number of anilines is 1. The summed E-state index contributed by atoms with van der Waals surface area (Å²) in [7, 11) is 0. The molecule has 2 aromatic rings. The molecule has 1 atom stereocenters. The van der Waals surface area contributed by atoms with E-state index in [0.717, 1.165) is 17.2 Å². The van der Waals surface area contributed by atoms with E-state index in [9.17, 15) is 19.7 Å². The minimum Gasteiger partial charge on any atom is -0.449 e. The highest BCUT2D eigenvalue weighted by atomic mass is 32.2. The minimum atomic E-state index is -1.07. The molecule has 0 saturated carbocycles. The molecule has 1 N–H and O–H groups in total. The highest BCUT2D eigenvalue weighted by Gasteiger charge is 2.23. The topological polar surface area (TPSA) is 98.5 Å². The number of nitro groups is 1. The molecule has 2 rings (SSSR count). The predicted octanol–water partition coefficient (Wildman–Crippen LogP) is 4.93. The number of nitrogens with one attached hydrogen (secondary N) is 1. The molecular weight excluding hydrogens is 392 g/mol. The Kier molecular flexibility index (Phi) is 7.39. The van der Waals surface area contributed by atoms with Crippen LogP contribution in [0.2, 0.25) is 0 Å². The second-order valence-corrected chi connectivity index (χ2v) is 7.72. The molecule has 0 fully saturated rings. The first kappa shape index (κ1) is 22.4. The van der Waals surface area contributed by atoms with Crippen LogP contribution in [0.1, 0.15) is 48.2 Å². The monoisotopic (exact) mass is 416 g/mol. The van der Waals surface area contributed by atoms with Gasteiger partial charge in [0.1, 0.15) is 0 Å². The van der Waals surface area contributed by atoms with Crippen LogP contribution in [0.25, 0.3) is 0 Å². The molecule has 0 aliphatic heterocycles. The fourth-order valence-electron chi connectivity index (χ4n) is 2.81. The number of aryl methyl sites for hydroxylation is 1. The maximum absolute atomic E-state index is 12.6. The van der Waals surface area contributed by atoms with Gasteiger partial charge in [-0.1, -0.05) is 32.0 Å². The summed E-state index contributed by atoms with van der Waals surface area (Å²) in [5, 5.41) is 14.0. The molecule has 7 nitrogen and oxygen atoms in total. The molecule has 0 aliphatic carbocycles. The van der Waals surface area contributed by atoms with Gasteiger partial charge >= 0.3 is 5.97 Å². The summed E-state index contributed by atoms with van der Waals surface area (Å²) >= 11 is 1.21. The third kappa shape index (κ3) is 5.35. The van der Waals surface area contributed by atoms with Crippen LogP contribution in [0.4, 0.5) is 11.4 Å². The molecule has 0 heterocycles. The maximum atomic E-state index is 12.6. The van der Waals surface area contributed by atoms with Crippen LogP contribution in [0.15, 0.2) is 41.3 Å². The van der Waals surface area contributed by atoms with E-state index in [1.165, 1.54) is 30.8 Å². The summed E-state index contributed by atoms with van der Waals surface area (Å²) < 4.78 is 5.24. The number of carbonyl (C=O) groups is 2. The van der Waals surface area contributed by atoms with E-state index in [-0.39, 0.29) is 17.2 Å². The number of para-hydroxylation sites is 1. The molecule has 0 spiro atoms. The number of amides is 1.